The Morgan fingerprint density at radius 2 is 2.03 bits per heavy atom. The Morgan fingerprint density at radius 3 is 2.87 bits per heavy atom. The van der Waals surface area contributed by atoms with Crippen molar-refractivity contribution in [2.45, 2.75) is 44.4 Å². The van der Waals surface area contributed by atoms with E-state index in [-0.39, 0.29) is 11.8 Å². The maximum absolute atomic E-state index is 13.3. The molecule has 1 aliphatic carbocycles. The molecular weight excluding hydrogens is 388 g/mol. The summed E-state index contributed by atoms with van der Waals surface area (Å²) in [5.41, 5.74) is 3.73. The first kappa shape index (κ1) is 19.5. The largest absolute Gasteiger partial charge is 0.377 e. The van der Waals surface area contributed by atoms with Gasteiger partial charge in [0.2, 0.25) is 0 Å². The van der Waals surface area contributed by atoms with Crippen LogP contribution in [-0.4, -0.2) is 28.8 Å². The van der Waals surface area contributed by atoms with Crippen LogP contribution in [0.1, 0.15) is 55.7 Å². The molecule has 1 fully saturated rings. The summed E-state index contributed by atoms with van der Waals surface area (Å²) in [4.78, 5) is 20.2. The molecule has 154 valence electrons. The average Bonchev–Trinajstić information content (AvgIpc) is 3.55. The first-order chi connectivity index (χ1) is 14.8. The molecule has 0 spiro atoms. The monoisotopic (exact) mass is 416 g/mol. The number of pyridine rings is 1. The molecule has 3 nitrogen and oxygen atoms in total. The van der Waals surface area contributed by atoms with Crippen LogP contribution in [0.5, 0.6) is 0 Å². The average molecular weight is 417 g/mol. The normalized spacial score (nSPS) is 18.1. The van der Waals surface area contributed by atoms with Crippen molar-refractivity contribution in [3.63, 3.8) is 0 Å². The minimum absolute atomic E-state index is 0.0764. The first-order valence-electron chi connectivity index (χ1n) is 11.2. The Hall–Kier alpha value is -2.46. The van der Waals surface area contributed by atoms with E-state index in [1.54, 1.807) is 0 Å². The van der Waals surface area contributed by atoms with Crippen LogP contribution < -0.4 is 0 Å². The van der Waals surface area contributed by atoms with Gasteiger partial charge in [-0.1, -0.05) is 37.1 Å². The SMILES string of the molecule is O=C(C1CCCC1)C(CCN1C=C(c2cccc3ccsc23)CC1)c1ccccn1. The van der Waals surface area contributed by atoms with Gasteiger partial charge in [-0.3, -0.25) is 9.78 Å². The zero-order valence-electron chi connectivity index (χ0n) is 17.3. The standard InChI is InChI=1S/C26H28N2OS/c29-25(19-6-1-2-7-19)23(24-10-3-4-14-27-24)12-16-28-15-11-21(18-28)22-9-5-8-20-13-17-30-26(20)22/h3-5,8-10,13-14,17-19,23H,1-2,6-7,11-12,15-16H2. The molecule has 5 rings (SSSR count). The fraction of sp³-hybridized carbons (Fsp3) is 0.385. The predicted molar refractivity (Wildman–Crippen MR) is 125 cm³/mol. The molecule has 0 N–H and O–H groups in total. The van der Waals surface area contributed by atoms with Crippen LogP contribution in [0.4, 0.5) is 0 Å². The van der Waals surface area contributed by atoms with E-state index in [1.165, 1.54) is 34.1 Å². The van der Waals surface area contributed by atoms with Gasteiger partial charge >= 0.3 is 0 Å². The third-order valence-corrected chi connectivity index (χ3v) is 7.65. The Bertz CT molecular complexity index is 1050. The number of aromatic nitrogens is 1. The molecule has 3 aromatic rings. The highest BCUT2D eigenvalue weighted by atomic mass is 32.1. The zero-order chi connectivity index (χ0) is 20.3. The van der Waals surface area contributed by atoms with E-state index in [1.807, 2.05) is 35.7 Å². The van der Waals surface area contributed by atoms with Crippen LogP contribution in [0.25, 0.3) is 15.7 Å². The van der Waals surface area contributed by atoms with E-state index in [0.29, 0.717) is 5.78 Å². The number of hydrogen-bond acceptors (Lipinski definition) is 4. The second kappa shape index (κ2) is 8.73. The number of fused-ring (bicyclic) bond motifs is 1. The summed E-state index contributed by atoms with van der Waals surface area (Å²) in [7, 11) is 0. The molecule has 2 aliphatic rings. The van der Waals surface area contributed by atoms with Gasteiger partial charge in [-0.25, -0.2) is 0 Å². The van der Waals surface area contributed by atoms with Gasteiger partial charge in [-0.05, 0) is 65.8 Å². The summed E-state index contributed by atoms with van der Waals surface area (Å²) in [6, 6.07) is 14.8. The molecule has 1 aromatic carbocycles. The molecule has 1 atom stereocenters. The minimum atomic E-state index is -0.0764. The van der Waals surface area contributed by atoms with Gasteiger partial charge in [0.25, 0.3) is 0 Å². The number of thiophene rings is 1. The molecule has 3 heterocycles. The highest BCUT2D eigenvalue weighted by molar-refractivity contribution is 7.17. The lowest BCUT2D eigenvalue weighted by molar-refractivity contribution is -0.124. The van der Waals surface area contributed by atoms with Gasteiger partial charge in [-0.15, -0.1) is 11.3 Å². The number of hydrogen-bond donors (Lipinski definition) is 0. The van der Waals surface area contributed by atoms with Crippen molar-refractivity contribution in [2.24, 2.45) is 5.92 Å². The van der Waals surface area contributed by atoms with Crippen molar-refractivity contribution in [1.82, 2.24) is 9.88 Å². The van der Waals surface area contributed by atoms with Crippen molar-refractivity contribution in [3.05, 3.63) is 71.5 Å². The highest BCUT2D eigenvalue weighted by Crippen LogP contribution is 2.35. The van der Waals surface area contributed by atoms with Crippen molar-refractivity contribution in [1.29, 1.82) is 0 Å². The number of carbonyl (C=O) groups is 1. The molecule has 1 unspecified atom stereocenters. The Labute approximate surface area is 182 Å². The van der Waals surface area contributed by atoms with E-state index in [0.717, 1.165) is 44.5 Å². The van der Waals surface area contributed by atoms with Crippen LogP contribution in [0.2, 0.25) is 0 Å². The van der Waals surface area contributed by atoms with Gasteiger partial charge in [0.15, 0.2) is 0 Å². The van der Waals surface area contributed by atoms with E-state index in [2.05, 4.69) is 45.7 Å². The second-order valence-electron chi connectivity index (χ2n) is 8.56. The molecule has 4 heteroatoms. The van der Waals surface area contributed by atoms with Crippen molar-refractivity contribution in [2.75, 3.05) is 13.1 Å². The zero-order valence-corrected chi connectivity index (χ0v) is 18.1. The summed E-state index contributed by atoms with van der Waals surface area (Å²) < 4.78 is 1.38. The van der Waals surface area contributed by atoms with E-state index in [9.17, 15) is 4.79 Å². The summed E-state index contributed by atoms with van der Waals surface area (Å²) in [6.07, 6.45) is 10.6. The molecule has 2 aromatic heterocycles. The van der Waals surface area contributed by atoms with Gasteiger partial charge in [0, 0.05) is 36.1 Å². The van der Waals surface area contributed by atoms with Crippen LogP contribution in [0, 0.1) is 5.92 Å². The summed E-state index contributed by atoms with van der Waals surface area (Å²) in [5.74, 6) is 0.573. The summed E-state index contributed by atoms with van der Waals surface area (Å²) >= 11 is 1.82. The molecule has 0 bridgehead atoms. The van der Waals surface area contributed by atoms with E-state index < -0.39 is 0 Å². The van der Waals surface area contributed by atoms with Crippen LogP contribution >= 0.6 is 11.3 Å². The fourth-order valence-corrected chi connectivity index (χ4v) is 6.00. The number of ketones is 1. The number of carbonyl (C=O) groups excluding carboxylic acids is 1. The van der Waals surface area contributed by atoms with Crippen LogP contribution in [0.3, 0.4) is 0 Å². The number of Topliss-reactive ketones (excluding diaryl/α,β-unsaturated/α-hetero) is 1. The van der Waals surface area contributed by atoms with Crippen molar-refractivity contribution < 1.29 is 4.79 Å². The topological polar surface area (TPSA) is 33.2 Å². The van der Waals surface area contributed by atoms with Crippen molar-refractivity contribution >= 4 is 32.8 Å². The van der Waals surface area contributed by atoms with Crippen molar-refractivity contribution in [3.8, 4) is 0 Å². The quantitative estimate of drug-likeness (QED) is 0.455. The third-order valence-electron chi connectivity index (χ3n) is 6.68. The van der Waals surface area contributed by atoms with Crippen LogP contribution in [0.15, 0.2) is 60.2 Å². The molecule has 1 aliphatic heterocycles. The smallest absolute Gasteiger partial charge is 0.145 e. The lowest BCUT2D eigenvalue weighted by atomic mass is 9.86. The fourth-order valence-electron chi connectivity index (χ4n) is 5.05. The maximum atomic E-state index is 13.3. The van der Waals surface area contributed by atoms with Gasteiger partial charge in [-0.2, -0.15) is 0 Å². The lowest BCUT2D eigenvalue weighted by Crippen LogP contribution is -2.25. The Morgan fingerprint density at radius 1 is 1.13 bits per heavy atom. The van der Waals surface area contributed by atoms with E-state index >= 15 is 0 Å². The van der Waals surface area contributed by atoms with Gasteiger partial charge in [0.05, 0.1) is 11.6 Å². The number of nitrogens with zero attached hydrogens (tertiary/aromatic N) is 2. The maximum Gasteiger partial charge on any atom is 0.145 e. The predicted octanol–water partition coefficient (Wildman–Crippen LogP) is 6.28. The number of benzene rings is 1. The van der Waals surface area contributed by atoms with Crippen LogP contribution in [-0.2, 0) is 4.79 Å². The number of rotatable bonds is 7. The summed E-state index contributed by atoms with van der Waals surface area (Å²) in [5, 5.41) is 3.50. The first-order valence-corrected chi connectivity index (χ1v) is 12.0. The lowest BCUT2D eigenvalue weighted by Gasteiger charge is -2.22. The molecule has 0 radical (unpaired) electrons. The molecule has 0 saturated heterocycles. The molecule has 0 amide bonds. The second-order valence-corrected chi connectivity index (χ2v) is 9.48. The third kappa shape index (κ3) is 3.93. The Kier molecular flexibility index (Phi) is 5.67. The molecule has 30 heavy (non-hydrogen) atoms. The molecular formula is C26H28N2OS. The van der Waals surface area contributed by atoms with Gasteiger partial charge in [0.1, 0.15) is 5.78 Å². The van der Waals surface area contributed by atoms with E-state index in [4.69, 9.17) is 0 Å². The minimum Gasteiger partial charge on any atom is -0.377 e. The highest BCUT2D eigenvalue weighted by Gasteiger charge is 2.31. The molecule has 1 saturated carbocycles. The van der Waals surface area contributed by atoms with Gasteiger partial charge < -0.3 is 4.90 Å². The Balaban J connectivity index is 1.32. The summed E-state index contributed by atoms with van der Waals surface area (Å²) in [6.45, 7) is 1.94.